The van der Waals surface area contributed by atoms with Gasteiger partial charge >= 0.3 is 12.3 Å². The summed E-state index contributed by atoms with van der Waals surface area (Å²) in [5.74, 6) is -0.834. The molecule has 7 heteroatoms. The molecule has 0 aromatic heterocycles. The number of halogens is 3. The van der Waals surface area contributed by atoms with Crippen LogP contribution in [0.3, 0.4) is 0 Å². The first kappa shape index (κ1) is 15.7. The second kappa shape index (κ2) is 5.73. The molecule has 0 aliphatic carbocycles. The van der Waals surface area contributed by atoms with Crippen molar-refractivity contribution in [3.8, 4) is 5.75 Å². The first-order chi connectivity index (χ1) is 8.60. The molecule has 0 heterocycles. The van der Waals surface area contributed by atoms with Crippen LogP contribution in [0.4, 0.5) is 13.2 Å². The lowest BCUT2D eigenvalue weighted by Crippen LogP contribution is -2.27. The number of benzene rings is 1. The second-order valence-corrected chi connectivity index (χ2v) is 5.89. The fourth-order valence-corrected chi connectivity index (χ4v) is 1.96. The highest BCUT2D eigenvalue weighted by Gasteiger charge is 2.31. The van der Waals surface area contributed by atoms with Gasteiger partial charge in [0.05, 0.1) is 0 Å². The van der Waals surface area contributed by atoms with Crippen molar-refractivity contribution in [2.45, 2.75) is 30.7 Å². The third-order valence-electron chi connectivity index (χ3n) is 2.27. The number of rotatable bonds is 5. The van der Waals surface area contributed by atoms with Crippen LogP contribution >= 0.6 is 11.8 Å². The number of carboxylic acid groups (broad SMARTS) is 1. The van der Waals surface area contributed by atoms with Gasteiger partial charge in [-0.25, -0.2) is 0 Å². The van der Waals surface area contributed by atoms with Crippen molar-refractivity contribution in [2.24, 2.45) is 0 Å². The van der Waals surface area contributed by atoms with Crippen LogP contribution in [0, 0.1) is 0 Å². The maximum Gasteiger partial charge on any atom is 0.573 e. The van der Waals surface area contributed by atoms with E-state index in [2.05, 4.69) is 4.74 Å². The molecule has 0 bridgehead atoms. The highest BCUT2D eigenvalue weighted by atomic mass is 32.2. The zero-order valence-electron chi connectivity index (χ0n) is 10.3. The van der Waals surface area contributed by atoms with Gasteiger partial charge in [-0.3, -0.25) is 4.79 Å². The second-order valence-electron chi connectivity index (χ2n) is 4.30. The summed E-state index contributed by atoms with van der Waals surface area (Å²) in [7, 11) is 0. The van der Waals surface area contributed by atoms with Gasteiger partial charge in [-0.1, -0.05) is 12.1 Å². The van der Waals surface area contributed by atoms with E-state index in [-0.39, 0.29) is 5.75 Å². The minimum Gasteiger partial charge on any atom is -0.480 e. The van der Waals surface area contributed by atoms with Gasteiger partial charge < -0.3 is 9.84 Å². The van der Waals surface area contributed by atoms with Crippen LogP contribution in [0.2, 0.25) is 0 Å². The molecule has 0 aliphatic heterocycles. The zero-order chi connectivity index (χ0) is 14.7. The Balaban J connectivity index is 2.61. The smallest absolute Gasteiger partial charge is 0.480 e. The Morgan fingerprint density at radius 2 is 1.79 bits per heavy atom. The van der Waals surface area contributed by atoms with Gasteiger partial charge in [-0.05, 0) is 31.5 Å². The van der Waals surface area contributed by atoms with Gasteiger partial charge in [-0.2, -0.15) is 0 Å². The summed E-state index contributed by atoms with van der Waals surface area (Å²) in [6.07, 6.45) is -4.71. The number of aliphatic carboxylic acids is 1. The fraction of sp³-hybridized carbons (Fsp3) is 0.417. The van der Waals surface area contributed by atoms with Crippen molar-refractivity contribution in [1.29, 1.82) is 0 Å². The van der Waals surface area contributed by atoms with Gasteiger partial charge in [-0.15, -0.1) is 24.9 Å². The minimum atomic E-state index is -4.71. The largest absolute Gasteiger partial charge is 0.573 e. The summed E-state index contributed by atoms with van der Waals surface area (Å²) in [6, 6.07) is 5.37. The highest BCUT2D eigenvalue weighted by molar-refractivity contribution is 8.00. The topological polar surface area (TPSA) is 46.5 Å². The molecule has 1 aromatic rings. The lowest BCUT2D eigenvalue weighted by molar-refractivity contribution is -0.274. The number of alkyl halides is 3. The number of thioether (sulfide) groups is 1. The van der Waals surface area contributed by atoms with Crippen molar-refractivity contribution in [2.75, 3.05) is 0 Å². The standard InChI is InChI=1S/C12H13F3O3S/c1-11(2,10(16)17)19-7-8-3-5-9(6-4-8)18-12(13,14)15/h3-6H,7H2,1-2H3,(H,16,17). The summed E-state index contributed by atoms with van der Waals surface area (Å²) >= 11 is 1.20. The molecule has 0 unspecified atom stereocenters. The SMILES string of the molecule is CC(C)(SCc1ccc(OC(F)(F)F)cc1)C(=O)O. The summed E-state index contributed by atoms with van der Waals surface area (Å²) in [6.45, 7) is 3.14. The van der Waals surface area contributed by atoms with E-state index in [1.807, 2.05) is 0 Å². The van der Waals surface area contributed by atoms with Crippen LogP contribution in [-0.2, 0) is 10.5 Å². The first-order valence-corrected chi connectivity index (χ1v) is 6.31. The molecule has 1 aromatic carbocycles. The third kappa shape index (κ3) is 5.42. The van der Waals surface area contributed by atoms with Gasteiger partial charge in [0.1, 0.15) is 10.5 Å². The molecule has 0 fully saturated rings. The molecule has 1 N–H and O–H groups in total. The average molecular weight is 294 g/mol. The molecule has 0 spiro atoms. The number of hydrogen-bond acceptors (Lipinski definition) is 3. The third-order valence-corrected chi connectivity index (χ3v) is 3.65. The number of ether oxygens (including phenoxy) is 1. The summed E-state index contributed by atoms with van der Waals surface area (Å²) in [5, 5.41) is 8.93. The van der Waals surface area contributed by atoms with Gasteiger partial charge in [0.15, 0.2) is 0 Å². The Morgan fingerprint density at radius 1 is 1.26 bits per heavy atom. The molecule has 0 atom stereocenters. The number of carboxylic acids is 1. The minimum absolute atomic E-state index is 0.293. The molecule has 0 saturated heterocycles. The molecule has 1 rings (SSSR count). The molecule has 0 radical (unpaired) electrons. The molecule has 106 valence electrons. The van der Waals surface area contributed by atoms with Crippen LogP contribution in [0.25, 0.3) is 0 Å². The molecule has 3 nitrogen and oxygen atoms in total. The van der Waals surface area contributed by atoms with E-state index in [0.29, 0.717) is 5.75 Å². The van der Waals surface area contributed by atoms with E-state index in [0.717, 1.165) is 5.56 Å². The highest BCUT2D eigenvalue weighted by Crippen LogP contribution is 2.29. The Labute approximate surface area is 112 Å². The lowest BCUT2D eigenvalue weighted by Gasteiger charge is -2.18. The Hall–Kier alpha value is -1.37. The lowest BCUT2D eigenvalue weighted by atomic mass is 10.2. The van der Waals surface area contributed by atoms with E-state index >= 15 is 0 Å². The summed E-state index contributed by atoms with van der Waals surface area (Å²) in [4.78, 5) is 10.9. The van der Waals surface area contributed by atoms with Gasteiger partial charge in [0.2, 0.25) is 0 Å². The fourth-order valence-electron chi connectivity index (χ4n) is 1.11. The van der Waals surface area contributed by atoms with Gasteiger partial charge in [0, 0.05) is 5.75 Å². The Kier molecular flexibility index (Phi) is 4.73. The van der Waals surface area contributed by atoms with Crippen LogP contribution in [0.5, 0.6) is 5.75 Å². The van der Waals surface area contributed by atoms with Crippen LogP contribution < -0.4 is 4.74 Å². The first-order valence-electron chi connectivity index (χ1n) is 5.32. The predicted molar refractivity (Wildman–Crippen MR) is 66.1 cm³/mol. The van der Waals surface area contributed by atoms with Crippen molar-refractivity contribution < 1.29 is 27.8 Å². The molecular formula is C12H13F3O3S. The van der Waals surface area contributed by atoms with Gasteiger partial charge in [0.25, 0.3) is 0 Å². The van der Waals surface area contributed by atoms with E-state index in [9.17, 15) is 18.0 Å². The zero-order valence-corrected chi connectivity index (χ0v) is 11.1. The molecular weight excluding hydrogens is 281 g/mol. The van der Waals surface area contributed by atoms with Crippen molar-refractivity contribution >= 4 is 17.7 Å². The summed E-state index contributed by atoms with van der Waals surface area (Å²) < 4.78 is 38.6. The molecule has 0 aliphatic rings. The van der Waals surface area contributed by atoms with E-state index in [1.165, 1.54) is 36.0 Å². The normalized spacial score (nSPS) is 12.3. The molecule has 0 saturated carbocycles. The average Bonchev–Trinajstić information content (AvgIpc) is 2.26. The Morgan fingerprint density at radius 3 is 2.21 bits per heavy atom. The summed E-state index contributed by atoms with van der Waals surface area (Å²) in [5.41, 5.74) is 0.730. The van der Waals surface area contributed by atoms with Crippen molar-refractivity contribution in [3.63, 3.8) is 0 Å². The monoisotopic (exact) mass is 294 g/mol. The maximum absolute atomic E-state index is 11.9. The van der Waals surface area contributed by atoms with E-state index < -0.39 is 17.1 Å². The van der Waals surface area contributed by atoms with E-state index in [1.54, 1.807) is 13.8 Å². The van der Waals surface area contributed by atoms with Crippen molar-refractivity contribution in [3.05, 3.63) is 29.8 Å². The van der Waals surface area contributed by atoms with Crippen LogP contribution in [-0.4, -0.2) is 22.2 Å². The van der Waals surface area contributed by atoms with Crippen LogP contribution in [0.1, 0.15) is 19.4 Å². The number of hydrogen-bond donors (Lipinski definition) is 1. The Bertz CT molecular complexity index is 441. The van der Waals surface area contributed by atoms with E-state index in [4.69, 9.17) is 5.11 Å². The molecule has 19 heavy (non-hydrogen) atoms. The van der Waals surface area contributed by atoms with Crippen molar-refractivity contribution in [1.82, 2.24) is 0 Å². The van der Waals surface area contributed by atoms with Crippen LogP contribution in [0.15, 0.2) is 24.3 Å². The number of carbonyl (C=O) groups is 1. The maximum atomic E-state index is 11.9. The predicted octanol–water partition coefficient (Wildman–Crippen LogP) is 3.68. The quantitative estimate of drug-likeness (QED) is 0.900. The molecule has 0 amide bonds.